The molecule has 0 aliphatic rings. The molecule has 134 valence electrons. The number of hydrogen-bond acceptors (Lipinski definition) is 6. The Labute approximate surface area is 167 Å². The van der Waals surface area contributed by atoms with Gasteiger partial charge in [0.15, 0.2) is 5.13 Å². The van der Waals surface area contributed by atoms with Gasteiger partial charge in [-0.3, -0.25) is 14.9 Å². The van der Waals surface area contributed by atoms with Gasteiger partial charge >= 0.3 is 0 Å². The predicted octanol–water partition coefficient (Wildman–Crippen LogP) is 2.87. The van der Waals surface area contributed by atoms with Crippen molar-refractivity contribution in [3.63, 3.8) is 0 Å². The lowest BCUT2D eigenvalue weighted by Gasteiger charge is -2.06. The number of benzene rings is 1. The average molecular weight is 482 g/mol. The molecule has 0 saturated heterocycles. The standard InChI is InChI=1S/C17H15IN4O3S/c1-25-9-8-22-15(23)7-6-13(21-22)16(24)20-17-19-14(10-26-17)11-2-4-12(18)5-3-11/h2-7,10H,8-9H2,1H3,(H,19,20,24). The largest absolute Gasteiger partial charge is 0.383 e. The molecule has 0 spiro atoms. The number of methoxy groups -OCH3 is 1. The van der Waals surface area contributed by atoms with Crippen LogP contribution >= 0.6 is 33.9 Å². The van der Waals surface area contributed by atoms with Crippen LogP contribution in [0.5, 0.6) is 0 Å². The number of rotatable bonds is 6. The molecule has 1 amide bonds. The lowest BCUT2D eigenvalue weighted by Crippen LogP contribution is -2.27. The van der Waals surface area contributed by atoms with E-state index in [4.69, 9.17) is 4.74 Å². The summed E-state index contributed by atoms with van der Waals surface area (Å²) < 4.78 is 7.29. The number of hydrogen-bond donors (Lipinski definition) is 1. The van der Waals surface area contributed by atoms with Crippen molar-refractivity contribution >= 4 is 45.0 Å². The van der Waals surface area contributed by atoms with E-state index in [1.807, 2.05) is 29.6 Å². The van der Waals surface area contributed by atoms with Gasteiger partial charge in [-0.05, 0) is 40.8 Å². The first kappa shape index (κ1) is 18.7. The van der Waals surface area contributed by atoms with Crippen LogP contribution < -0.4 is 10.9 Å². The lowest BCUT2D eigenvalue weighted by atomic mass is 10.2. The first-order valence-corrected chi connectivity index (χ1v) is 9.62. The van der Waals surface area contributed by atoms with Gasteiger partial charge in [0.25, 0.3) is 11.5 Å². The monoisotopic (exact) mass is 482 g/mol. The maximum atomic E-state index is 12.4. The Morgan fingerprint density at radius 3 is 2.77 bits per heavy atom. The molecule has 0 bridgehead atoms. The van der Waals surface area contributed by atoms with E-state index in [2.05, 4.69) is 38.0 Å². The summed E-state index contributed by atoms with van der Waals surface area (Å²) in [6.07, 6.45) is 0. The molecule has 2 heterocycles. The first-order valence-electron chi connectivity index (χ1n) is 7.67. The minimum atomic E-state index is -0.417. The van der Waals surface area contributed by atoms with Gasteiger partial charge in [-0.1, -0.05) is 12.1 Å². The zero-order chi connectivity index (χ0) is 18.5. The molecule has 0 aliphatic carbocycles. The van der Waals surface area contributed by atoms with Crippen molar-refractivity contribution < 1.29 is 9.53 Å². The summed E-state index contributed by atoms with van der Waals surface area (Å²) in [5, 5.41) is 9.14. The number of carbonyl (C=O) groups excluding carboxylic acids is 1. The van der Waals surface area contributed by atoms with Crippen molar-refractivity contribution in [1.82, 2.24) is 14.8 Å². The fourth-order valence-electron chi connectivity index (χ4n) is 2.15. The average Bonchev–Trinajstić information content (AvgIpc) is 3.10. The molecule has 3 rings (SSSR count). The van der Waals surface area contributed by atoms with Gasteiger partial charge in [0, 0.05) is 27.7 Å². The molecule has 9 heteroatoms. The number of aromatic nitrogens is 3. The summed E-state index contributed by atoms with van der Waals surface area (Å²) >= 11 is 3.57. The van der Waals surface area contributed by atoms with Crippen molar-refractivity contribution in [2.45, 2.75) is 6.54 Å². The molecule has 1 N–H and O–H groups in total. The summed E-state index contributed by atoms with van der Waals surface area (Å²) in [6.45, 7) is 0.620. The van der Waals surface area contributed by atoms with Gasteiger partial charge in [0.2, 0.25) is 0 Å². The molecule has 0 atom stereocenters. The molecule has 7 nitrogen and oxygen atoms in total. The predicted molar refractivity (Wildman–Crippen MR) is 109 cm³/mol. The minimum absolute atomic E-state index is 0.145. The second-order valence-corrected chi connectivity index (χ2v) is 7.38. The number of anilines is 1. The van der Waals surface area contributed by atoms with E-state index in [1.54, 1.807) is 0 Å². The molecule has 3 aromatic rings. The van der Waals surface area contributed by atoms with Gasteiger partial charge in [-0.25, -0.2) is 9.67 Å². The lowest BCUT2D eigenvalue weighted by molar-refractivity contribution is 0.101. The third-order valence-corrected chi connectivity index (χ3v) is 4.95. The Balaban J connectivity index is 1.74. The van der Waals surface area contributed by atoms with Gasteiger partial charge in [-0.2, -0.15) is 5.10 Å². The van der Waals surface area contributed by atoms with Gasteiger partial charge < -0.3 is 4.74 Å². The topological polar surface area (TPSA) is 86.1 Å². The molecule has 0 aliphatic heterocycles. The van der Waals surface area contributed by atoms with Crippen LogP contribution in [0.15, 0.2) is 46.6 Å². The second kappa shape index (κ2) is 8.52. The number of halogens is 1. The van der Waals surface area contributed by atoms with Gasteiger partial charge in [0.1, 0.15) is 5.69 Å². The zero-order valence-electron chi connectivity index (χ0n) is 13.8. The van der Waals surface area contributed by atoms with Crippen LogP contribution in [0.3, 0.4) is 0 Å². The first-order chi connectivity index (χ1) is 12.6. The van der Waals surface area contributed by atoms with Crippen LogP contribution in [-0.4, -0.2) is 34.4 Å². The van der Waals surface area contributed by atoms with Crippen LogP contribution in [0.2, 0.25) is 0 Å². The maximum absolute atomic E-state index is 12.4. The smallest absolute Gasteiger partial charge is 0.277 e. The van der Waals surface area contributed by atoms with E-state index >= 15 is 0 Å². The molecule has 2 aromatic heterocycles. The molecule has 0 fully saturated rings. The van der Waals surface area contributed by atoms with Gasteiger partial charge in [0.05, 0.1) is 18.8 Å². The van der Waals surface area contributed by atoms with Crippen molar-refractivity contribution in [2.24, 2.45) is 0 Å². The highest BCUT2D eigenvalue weighted by Crippen LogP contribution is 2.25. The SMILES string of the molecule is COCCn1nc(C(=O)Nc2nc(-c3ccc(I)cc3)cs2)ccc1=O. The highest BCUT2D eigenvalue weighted by molar-refractivity contribution is 14.1. The van der Waals surface area contributed by atoms with Crippen molar-refractivity contribution in [3.8, 4) is 11.3 Å². The van der Waals surface area contributed by atoms with Crippen LogP contribution in [0.1, 0.15) is 10.5 Å². The third kappa shape index (κ3) is 4.54. The Bertz CT molecular complexity index is 969. The van der Waals surface area contributed by atoms with Crippen LogP contribution in [0, 0.1) is 3.57 Å². The normalized spacial score (nSPS) is 10.7. The molecule has 0 unspecified atom stereocenters. The number of ether oxygens (including phenoxy) is 1. The molecule has 0 saturated carbocycles. The van der Waals surface area contributed by atoms with E-state index in [1.165, 1.54) is 35.3 Å². The third-order valence-electron chi connectivity index (χ3n) is 3.47. The summed E-state index contributed by atoms with van der Waals surface area (Å²) in [7, 11) is 1.54. The molecule has 1 aromatic carbocycles. The highest BCUT2D eigenvalue weighted by atomic mass is 127. The van der Waals surface area contributed by atoms with E-state index in [-0.39, 0.29) is 17.8 Å². The fraction of sp³-hybridized carbons (Fsp3) is 0.176. The van der Waals surface area contributed by atoms with Crippen molar-refractivity contribution in [2.75, 3.05) is 19.0 Å². The zero-order valence-corrected chi connectivity index (χ0v) is 16.8. The Kier molecular flexibility index (Phi) is 6.12. The van der Waals surface area contributed by atoms with Crippen molar-refractivity contribution in [1.29, 1.82) is 0 Å². The number of carbonyl (C=O) groups is 1. The summed E-state index contributed by atoms with van der Waals surface area (Å²) in [5.41, 5.74) is 1.63. The molecular weight excluding hydrogens is 467 g/mol. The quantitative estimate of drug-likeness (QED) is 0.547. The van der Waals surface area contributed by atoms with E-state index in [0.29, 0.717) is 11.7 Å². The summed E-state index contributed by atoms with van der Waals surface area (Å²) in [6, 6.07) is 10.7. The number of nitrogens with one attached hydrogen (secondary N) is 1. The minimum Gasteiger partial charge on any atom is -0.383 e. The Morgan fingerprint density at radius 2 is 2.04 bits per heavy atom. The molecule has 26 heavy (non-hydrogen) atoms. The van der Waals surface area contributed by atoms with Crippen LogP contribution in [0.25, 0.3) is 11.3 Å². The second-order valence-electron chi connectivity index (χ2n) is 5.27. The highest BCUT2D eigenvalue weighted by Gasteiger charge is 2.13. The maximum Gasteiger partial charge on any atom is 0.277 e. The molecular formula is C17H15IN4O3S. The van der Waals surface area contributed by atoms with E-state index in [9.17, 15) is 9.59 Å². The number of thiazole rings is 1. The Hall–Kier alpha value is -2.11. The van der Waals surface area contributed by atoms with Crippen molar-refractivity contribution in [3.05, 3.63) is 61.4 Å². The van der Waals surface area contributed by atoms with Gasteiger partial charge in [-0.15, -0.1) is 11.3 Å². The summed E-state index contributed by atoms with van der Waals surface area (Å²) in [4.78, 5) is 28.6. The van der Waals surface area contributed by atoms with Crippen LogP contribution in [0.4, 0.5) is 5.13 Å². The number of amides is 1. The summed E-state index contributed by atoms with van der Waals surface area (Å²) in [5.74, 6) is -0.417. The van der Waals surface area contributed by atoms with E-state index < -0.39 is 5.91 Å². The molecule has 0 radical (unpaired) electrons. The fourth-order valence-corrected chi connectivity index (χ4v) is 3.23. The number of nitrogens with zero attached hydrogens (tertiary/aromatic N) is 3. The van der Waals surface area contributed by atoms with Crippen LogP contribution in [-0.2, 0) is 11.3 Å². The van der Waals surface area contributed by atoms with E-state index in [0.717, 1.165) is 14.8 Å². The Morgan fingerprint density at radius 1 is 1.27 bits per heavy atom.